The zero-order valence-corrected chi connectivity index (χ0v) is 12.6. The molecule has 8 nitrogen and oxygen atoms in total. The predicted molar refractivity (Wildman–Crippen MR) is 81.5 cm³/mol. The third-order valence-corrected chi connectivity index (χ3v) is 3.89. The second kappa shape index (κ2) is 6.55. The lowest BCUT2D eigenvalue weighted by atomic mass is 10.1. The molecule has 1 aromatic heterocycles. The number of carbonyl (C=O) groups excluding carboxylic acids is 3. The van der Waals surface area contributed by atoms with Crippen LogP contribution in [-0.4, -0.2) is 64.4 Å². The lowest BCUT2D eigenvalue weighted by Gasteiger charge is -2.35. The first kappa shape index (κ1) is 15.1. The largest absolute Gasteiger partial charge is 0.334 e. The van der Waals surface area contributed by atoms with Crippen LogP contribution >= 0.6 is 0 Å². The minimum absolute atomic E-state index is 0.125. The molecular weight excluding hydrogens is 298 g/mol. The Balaban J connectivity index is 1.57. The molecule has 1 N–H and O–H groups in total. The van der Waals surface area contributed by atoms with Crippen molar-refractivity contribution in [2.75, 3.05) is 26.2 Å². The zero-order valence-electron chi connectivity index (χ0n) is 12.6. The molecule has 2 aliphatic rings. The van der Waals surface area contributed by atoms with E-state index in [0.29, 0.717) is 44.0 Å². The van der Waals surface area contributed by atoms with Crippen LogP contribution in [0.5, 0.6) is 0 Å². The Morgan fingerprint density at radius 2 is 1.70 bits per heavy atom. The van der Waals surface area contributed by atoms with Crippen molar-refractivity contribution in [3.8, 4) is 0 Å². The van der Waals surface area contributed by atoms with Gasteiger partial charge in [0.1, 0.15) is 11.4 Å². The number of nitrogens with zero attached hydrogens (tertiary/aromatic N) is 4. The van der Waals surface area contributed by atoms with Gasteiger partial charge in [0.05, 0.1) is 0 Å². The zero-order chi connectivity index (χ0) is 16.2. The molecule has 0 aliphatic carbocycles. The summed E-state index contributed by atoms with van der Waals surface area (Å²) in [6.07, 6.45) is 2.23. The van der Waals surface area contributed by atoms with Crippen molar-refractivity contribution in [2.24, 2.45) is 5.10 Å². The predicted octanol–water partition coefficient (Wildman–Crippen LogP) is -0.368. The normalized spacial score (nSPS) is 18.3. The van der Waals surface area contributed by atoms with Crippen molar-refractivity contribution in [2.45, 2.75) is 12.8 Å². The first-order chi connectivity index (χ1) is 11.1. The molecule has 120 valence electrons. The van der Waals surface area contributed by atoms with E-state index in [4.69, 9.17) is 0 Å². The van der Waals surface area contributed by atoms with Gasteiger partial charge in [-0.15, -0.1) is 0 Å². The number of carbonyl (C=O) groups is 3. The Hall–Kier alpha value is -2.77. The molecule has 23 heavy (non-hydrogen) atoms. The van der Waals surface area contributed by atoms with Gasteiger partial charge in [-0.1, -0.05) is 6.07 Å². The number of aromatic nitrogens is 1. The van der Waals surface area contributed by atoms with E-state index >= 15 is 0 Å². The Morgan fingerprint density at radius 3 is 2.26 bits per heavy atom. The maximum absolute atomic E-state index is 12.3. The SMILES string of the molecule is O=C1CCC(C(=O)N2CCN(C(=O)c3ccccn3)CC2)=NN1. The molecule has 0 aromatic carbocycles. The number of rotatable bonds is 2. The van der Waals surface area contributed by atoms with E-state index < -0.39 is 0 Å². The summed E-state index contributed by atoms with van der Waals surface area (Å²) in [7, 11) is 0. The van der Waals surface area contributed by atoms with Gasteiger partial charge in [-0.25, -0.2) is 5.43 Å². The Kier molecular flexibility index (Phi) is 4.31. The van der Waals surface area contributed by atoms with Gasteiger partial charge in [0.25, 0.3) is 11.8 Å². The third kappa shape index (κ3) is 3.36. The van der Waals surface area contributed by atoms with Crippen LogP contribution in [0.25, 0.3) is 0 Å². The second-order valence-electron chi connectivity index (χ2n) is 5.39. The van der Waals surface area contributed by atoms with Crippen LogP contribution in [0.2, 0.25) is 0 Å². The van der Waals surface area contributed by atoms with Gasteiger partial charge in [-0.05, 0) is 12.1 Å². The Bertz CT molecular complexity index is 650. The van der Waals surface area contributed by atoms with Crippen LogP contribution in [-0.2, 0) is 9.59 Å². The molecule has 0 saturated carbocycles. The number of nitrogens with one attached hydrogen (secondary N) is 1. The van der Waals surface area contributed by atoms with Crippen molar-refractivity contribution in [3.63, 3.8) is 0 Å². The van der Waals surface area contributed by atoms with E-state index in [1.165, 1.54) is 0 Å². The van der Waals surface area contributed by atoms with E-state index in [9.17, 15) is 14.4 Å². The molecule has 3 heterocycles. The number of pyridine rings is 1. The summed E-state index contributed by atoms with van der Waals surface area (Å²) in [4.78, 5) is 43.1. The molecule has 0 atom stereocenters. The molecule has 3 amide bonds. The maximum Gasteiger partial charge on any atom is 0.272 e. The molecule has 1 aromatic rings. The van der Waals surface area contributed by atoms with Gasteiger partial charge >= 0.3 is 0 Å². The standard InChI is InChI=1S/C15H17N5O3/c21-13-5-4-12(17-18-13)15(23)20-9-7-19(8-10-20)14(22)11-3-1-2-6-16-11/h1-3,6H,4-5,7-10H2,(H,18,21). The summed E-state index contributed by atoms with van der Waals surface area (Å²) in [6, 6.07) is 5.21. The number of amides is 3. The van der Waals surface area contributed by atoms with Gasteiger partial charge in [-0.3, -0.25) is 19.4 Å². The molecular formula is C15H17N5O3. The molecule has 3 rings (SSSR count). The summed E-state index contributed by atoms with van der Waals surface area (Å²) in [5.74, 6) is -0.470. The summed E-state index contributed by atoms with van der Waals surface area (Å²) < 4.78 is 0. The fraction of sp³-hybridized carbons (Fsp3) is 0.400. The quantitative estimate of drug-likeness (QED) is 0.805. The molecule has 1 saturated heterocycles. The van der Waals surface area contributed by atoms with Crippen LogP contribution in [0.15, 0.2) is 29.5 Å². The topological polar surface area (TPSA) is 95.0 Å². The average Bonchev–Trinajstić information content (AvgIpc) is 2.62. The van der Waals surface area contributed by atoms with Gasteiger partial charge in [-0.2, -0.15) is 5.10 Å². The van der Waals surface area contributed by atoms with Crippen molar-refractivity contribution >= 4 is 23.4 Å². The number of hydrogen-bond acceptors (Lipinski definition) is 5. The highest BCUT2D eigenvalue weighted by atomic mass is 16.2. The summed E-state index contributed by atoms with van der Waals surface area (Å²) in [6.45, 7) is 1.82. The molecule has 8 heteroatoms. The Labute approximate surface area is 133 Å². The first-order valence-electron chi connectivity index (χ1n) is 7.50. The van der Waals surface area contributed by atoms with Crippen LogP contribution in [0.1, 0.15) is 23.3 Å². The van der Waals surface area contributed by atoms with Gasteiger partial charge < -0.3 is 9.80 Å². The van der Waals surface area contributed by atoms with Gasteiger partial charge in [0, 0.05) is 45.2 Å². The summed E-state index contributed by atoms with van der Waals surface area (Å²) in [5, 5.41) is 3.82. The molecule has 2 aliphatic heterocycles. The highest BCUT2D eigenvalue weighted by Gasteiger charge is 2.28. The third-order valence-electron chi connectivity index (χ3n) is 3.89. The molecule has 0 bridgehead atoms. The number of hydrazone groups is 1. The van der Waals surface area contributed by atoms with Crippen molar-refractivity contribution in [3.05, 3.63) is 30.1 Å². The smallest absolute Gasteiger partial charge is 0.272 e. The van der Waals surface area contributed by atoms with E-state index in [1.807, 2.05) is 0 Å². The lowest BCUT2D eigenvalue weighted by Crippen LogP contribution is -2.52. The van der Waals surface area contributed by atoms with Crippen molar-refractivity contribution in [1.82, 2.24) is 20.2 Å². The maximum atomic E-state index is 12.3. The van der Waals surface area contributed by atoms with E-state index in [0.717, 1.165) is 0 Å². The van der Waals surface area contributed by atoms with Gasteiger partial charge in [0.15, 0.2) is 0 Å². The Morgan fingerprint density at radius 1 is 1.00 bits per heavy atom. The fourth-order valence-corrected chi connectivity index (χ4v) is 2.57. The number of hydrogen-bond donors (Lipinski definition) is 1. The summed E-state index contributed by atoms with van der Waals surface area (Å²) >= 11 is 0. The fourth-order valence-electron chi connectivity index (χ4n) is 2.57. The molecule has 1 fully saturated rings. The average molecular weight is 315 g/mol. The highest BCUT2D eigenvalue weighted by molar-refractivity contribution is 6.39. The molecule has 0 radical (unpaired) electrons. The van der Waals surface area contributed by atoms with Gasteiger partial charge in [0.2, 0.25) is 5.91 Å². The van der Waals surface area contributed by atoms with E-state index in [1.54, 1.807) is 34.2 Å². The highest BCUT2D eigenvalue weighted by Crippen LogP contribution is 2.10. The molecule has 0 spiro atoms. The van der Waals surface area contributed by atoms with Crippen molar-refractivity contribution in [1.29, 1.82) is 0 Å². The van der Waals surface area contributed by atoms with Crippen LogP contribution < -0.4 is 5.43 Å². The lowest BCUT2D eigenvalue weighted by molar-refractivity contribution is -0.126. The monoisotopic (exact) mass is 315 g/mol. The number of piperazine rings is 1. The van der Waals surface area contributed by atoms with E-state index in [2.05, 4.69) is 15.5 Å². The minimum Gasteiger partial charge on any atom is -0.334 e. The first-order valence-corrected chi connectivity index (χ1v) is 7.50. The van der Waals surface area contributed by atoms with Crippen LogP contribution in [0.3, 0.4) is 0 Å². The van der Waals surface area contributed by atoms with Crippen molar-refractivity contribution < 1.29 is 14.4 Å². The summed E-state index contributed by atoms with van der Waals surface area (Å²) in [5.41, 5.74) is 3.11. The van der Waals surface area contributed by atoms with Crippen LogP contribution in [0, 0.1) is 0 Å². The minimum atomic E-state index is -0.174. The molecule has 0 unspecified atom stereocenters. The van der Waals surface area contributed by atoms with E-state index in [-0.39, 0.29) is 24.1 Å². The second-order valence-corrected chi connectivity index (χ2v) is 5.39. The van der Waals surface area contributed by atoms with Crippen LogP contribution in [0.4, 0.5) is 0 Å².